The highest BCUT2D eigenvalue weighted by molar-refractivity contribution is 6.01. The topological polar surface area (TPSA) is 41.9 Å². The SMILES string of the molecule is CC(C)(C)CC(=O)N(Cc1ccc(F)cc1F)C[C@@H]1CC(c2cccc(F)c2)=NO1. The van der Waals surface area contributed by atoms with E-state index in [-0.39, 0.29) is 42.2 Å². The summed E-state index contributed by atoms with van der Waals surface area (Å²) in [5, 5.41) is 4.04. The summed E-state index contributed by atoms with van der Waals surface area (Å²) < 4.78 is 40.9. The molecular weight excluding hydrogens is 393 g/mol. The van der Waals surface area contributed by atoms with Crippen molar-refractivity contribution in [2.24, 2.45) is 10.6 Å². The van der Waals surface area contributed by atoms with Gasteiger partial charge in [0.2, 0.25) is 5.91 Å². The molecule has 7 heteroatoms. The number of hydrogen-bond donors (Lipinski definition) is 0. The van der Waals surface area contributed by atoms with E-state index < -0.39 is 17.7 Å². The molecular formula is C23H25F3N2O2. The highest BCUT2D eigenvalue weighted by atomic mass is 19.1. The van der Waals surface area contributed by atoms with Gasteiger partial charge in [0.25, 0.3) is 0 Å². The van der Waals surface area contributed by atoms with Crippen molar-refractivity contribution in [3.63, 3.8) is 0 Å². The van der Waals surface area contributed by atoms with Gasteiger partial charge in [-0.15, -0.1) is 0 Å². The maximum atomic E-state index is 14.2. The molecule has 0 aromatic heterocycles. The summed E-state index contributed by atoms with van der Waals surface area (Å²) in [6.07, 6.45) is 0.227. The smallest absolute Gasteiger partial charge is 0.223 e. The molecule has 0 N–H and O–H groups in total. The van der Waals surface area contributed by atoms with Gasteiger partial charge >= 0.3 is 0 Å². The molecule has 1 aliphatic heterocycles. The predicted molar refractivity (Wildman–Crippen MR) is 108 cm³/mol. The Morgan fingerprint density at radius 2 is 1.87 bits per heavy atom. The monoisotopic (exact) mass is 418 g/mol. The molecule has 1 heterocycles. The van der Waals surface area contributed by atoms with E-state index in [4.69, 9.17) is 4.84 Å². The first-order valence-corrected chi connectivity index (χ1v) is 9.81. The molecule has 1 aliphatic rings. The number of carbonyl (C=O) groups excluding carboxylic acids is 1. The Morgan fingerprint density at radius 3 is 2.53 bits per heavy atom. The lowest BCUT2D eigenvalue weighted by atomic mass is 9.91. The molecule has 0 radical (unpaired) electrons. The second kappa shape index (κ2) is 8.90. The number of benzene rings is 2. The van der Waals surface area contributed by atoms with Gasteiger partial charge in [0, 0.05) is 36.6 Å². The summed E-state index contributed by atoms with van der Waals surface area (Å²) in [4.78, 5) is 19.9. The fraction of sp³-hybridized carbons (Fsp3) is 0.391. The van der Waals surface area contributed by atoms with Gasteiger partial charge in [-0.05, 0) is 23.6 Å². The van der Waals surface area contributed by atoms with Crippen LogP contribution in [0.15, 0.2) is 47.6 Å². The third kappa shape index (κ3) is 5.84. The minimum absolute atomic E-state index is 0.00378. The number of carbonyl (C=O) groups is 1. The number of oxime groups is 1. The van der Waals surface area contributed by atoms with Gasteiger partial charge in [0.1, 0.15) is 17.5 Å². The van der Waals surface area contributed by atoms with Crippen LogP contribution in [0.4, 0.5) is 13.2 Å². The Balaban J connectivity index is 1.73. The van der Waals surface area contributed by atoms with E-state index in [1.54, 1.807) is 12.1 Å². The summed E-state index contributed by atoms with van der Waals surface area (Å²) >= 11 is 0. The zero-order chi connectivity index (χ0) is 21.9. The van der Waals surface area contributed by atoms with Crippen LogP contribution in [0.25, 0.3) is 0 Å². The van der Waals surface area contributed by atoms with Crippen LogP contribution in [-0.4, -0.2) is 29.2 Å². The molecule has 0 unspecified atom stereocenters. The summed E-state index contributed by atoms with van der Waals surface area (Å²) in [5.41, 5.74) is 1.18. The Morgan fingerprint density at radius 1 is 1.13 bits per heavy atom. The van der Waals surface area contributed by atoms with Gasteiger partial charge in [-0.2, -0.15) is 0 Å². The van der Waals surface area contributed by atoms with E-state index in [2.05, 4.69) is 5.16 Å². The highest BCUT2D eigenvalue weighted by Crippen LogP contribution is 2.24. The maximum Gasteiger partial charge on any atom is 0.223 e. The van der Waals surface area contributed by atoms with Crippen molar-refractivity contribution < 1.29 is 22.8 Å². The van der Waals surface area contributed by atoms with Gasteiger partial charge in [-0.1, -0.05) is 44.1 Å². The van der Waals surface area contributed by atoms with Gasteiger partial charge in [-0.3, -0.25) is 4.79 Å². The van der Waals surface area contributed by atoms with E-state index in [0.717, 1.165) is 6.07 Å². The lowest BCUT2D eigenvalue weighted by Gasteiger charge is -2.28. The second-order valence-corrected chi connectivity index (χ2v) is 8.73. The number of amides is 1. The molecule has 4 nitrogen and oxygen atoms in total. The van der Waals surface area contributed by atoms with Crippen molar-refractivity contribution in [2.75, 3.05) is 6.54 Å². The summed E-state index contributed by atoms with van der Waals surface area (Å²) in [6.45, 7) is 6.01. The molecule has 1 atom stereocenters. The van der Waals surface area contributed by atoms with Crippen LogP contribution in [0.5, 0.6) is 0 Å². The summed E-state index contributed by atoms with van der Waals surface area (Å²) in [5.74, 6) is -1.90. The predicted octanol–water partition coefficient (Wildman–Crippen LogP) is 5.06. The third-order valence-corrected chi connectivity index (χ3v) is 4.73. The Bertz CT molecular complexity index is 954. The van der Waals surface area contributed by atoms with Crippen LogP contribution in [-0.2, 0) is 16.2 Å². The van der Waals surface area contributed by atoms with Crippen molar-refractivity contribution in [1.29, 1.82) is 0 Å². The number of nitrogens with zero attached hydrogens (tertiary/aromatic N) is 2. The largest absolute Gasteiger partial charge is 0.390 e. The molecule has 0 fully saturated rings. The molecule has 0 spiro atoms. The lowest BCUT2D eigenvalue weighted by Crippen LogP contribution is -2.39. The van der Waals surface area contributed by atoms with E-state index >= 15 is 0 Å². The van der Waals surface area contributed by atoms with Crippen LogP contribution in [0.1, 0.15) is 44.7 Å². The molecule has 1 amide bonds. The van der Waals surface area contributed by atoms with Crippen LogP contribution in [0.3, 0.4) is 0 Å². The zero-order valence-electron chi connectivity index (χ0n) is 17.3. The third-order valence-electron chi connectivity index (χ3n) is 4.73. The van der Waals surface area contributed by atoms with Crippen molar-refractivity contribution in [3.05, 3.63) is 71.0 Å². The number of hydrogen-bond acceptors (Lipinski definition) is 3. The van der Waals surface area contributed by atoms with E-state index in [9.17, 15) is 18.0 Å². The quantitative estimate of drug-likeness (QED) is 0.658. The van der Waals surface area contributed by atoms with Crippen LogP contribution in [0.2, 0.25) is 0 Å². The van der Waals surface area contributed by atoms with Gasteiger partial charge in [0.05, 0.1) is 12.3 Å². The standard InChI is InChI=1S/C23H25F3N2O2/c1-23(2,3)12-22(29)28(13-16-7-8-18(25)10-20(16)26)14-19-11-21(27-30-19)15-5-4-6-17(24)9-15/h4-10,19H,11-14H2,1-3H3/t19-/m0/s1. The fourth-order valence-electron chi connectivity index (χ4n) is 3.29. The molecule has 0 saturated heterocycles. The highest BCUT2D eigenvalue weighted by Gasteiger charge is 2.29. The van der Waals surface area contributed by atoms with Gasteiger partial charge in [-0.25, -0.2) is 13.2 Å². The first-order chi connectivity index (χ1) is 14.1. The van der Waals surface area contributed by atoms with Crippen LogP contribution < -0.4 is 0 Å². The molecule has 2 aromatic carbocycles. The average molecular weight is 418 g/mol. The Labute approximate surface area is 174 Å². The normalized spacial score (nSPS) is 16.2. The zero-order valence-corrected chi connectivity index (χ0v) is 17.3. The minimum Gasteiger partial charge on any atom is -0.390 e. The summed E-state index contributed by atoms with van der Waals surface area (Å²) in [7, 11) is 0. The van der Waals surface area contributed by atoms with Crippen molar-refractivity contribution in [2.45, 2.75) is 46.3 Å². The van der Waals surface area contributed by atoms with Gasteiger partial charge in [0.15, 0.2) is 6.10 Å². The first kappa shape index (κ1) is 21.9. The van der Waals surface area contributed by atoms with Crippen molar-refractivity contribution >= 4 is 11.6 Å². The Kier molecular flexibility index (Phi) is 6.48. The van der Waals surface area contributed by atoms with Gasteiger partial charge < -0.3 is 9.74 Å². The molecule has 160 valence electrons. The molecule has 30 heavy (non-hydrogen) atoms. The van der Waals surface area contributed by atoms with E-state index in [1.807, 2.05) is 20.8 Å². The lowest BCUT2D eigenvalue weighted by molar-refractivity contribution is -0.135. The molecule has 0 bridgehead atoms. The molecule has 0 aliphatic carbocycles. The minimum atomic E-state index is -0.701. The van der Waals surface area contributed by atoms with Crippen LogP contribution in [0, 0.1) is 22.9 Å². The number of rotatable bonds is 6. The van der Waals surface area contributed by atoms with Crippen molar-refractivity contribution in [3.8, 4) is 0 Å². The maximum absolute atomic E-state index is 14.2. The molecule has 3 rings (SSSR count). The second-order valence-electron chi connectivity index (χ2n) is 8.73. The fourth-order valence-corrected chi connectivity index (χ4v) is 3.29. The van der Waals surface area contributed by atoms with E-state index in [0.29, 0.717) is 17.7 Å². The average Bonchev–Trinajstić information content (AvgIpc) is 3.10. The van der Waals surface area contributed by atoms with Crippen molar-refractivity contribution in [1.82, 2.24) is 4.90 Å². The summed E-state index contributed by atoms with van der Waals surface area (Å²) in [6, 6.07) is 9.37. The van der Waals surface area contributed by atoms with E-state index in [1.165, 1.54) is 29.2 Å². The first-order valence-electron chi connectivity index (χ1n) is 9.81. The molecule has 0 saturated carbocycles. The molecule has 2 aromatic rings. The Hall–Kier alpha value is -2.83. The van der Waals surface area contributed by atoms with Crippen LogP contribution >= 0.6 is 0 Å². The number of halogens is 3.